The van der Waals surface area contributed by atoms with Crippen LogP contribution in [0.4, 0.5) is 0 Å². The number of unbranched alkanes of at least 4 members (excludes halogenated alkanes) is 2. The van der Waals surface area contributed by atoms with Gasteiger partial charge in [0.05, 0.1) is 6.42 Å². The van der Waals surface area contributed by atoms with Gasteiger partial charge in [-0.2, -0.15) is 0 Å². The smallest absolute Gasteiger partial charge is 0.0501 e. The molecule has 0 amide bonds. The van der Waals surface area contributed by atoms with Crippen molar-refractivity contribution in [3.8, 4) is 0 Å². The second-order valence-corrected chi connectivity index (χ2v) is 5.73. The Hall–Kier alpha value is -1.56. The van der Waals surface area contributed by atoms with Gasteiger partial charge in [-0.3, -0.25) is 0 Å². The normalized spacial score (nSPS) is 10.8. The van der Waals surface area contributed by atoms with E-state index in [1.54, 1.807) is 0 Å². The van der Waals surface area contributed by atoms with Gasteiger partial charge in [-0.25, -0.2) is 0 Å². The molecule has 0 aliphatic rings. The first-order valence-electron chi connectivity index (χ1n) is 8.26. The summed E-state index contributed by atoms with van der Waals surface area (Å²) in [5, 5.41) is 0. The van der Waals surface area contributed by atoms with E-state index >= 15 is 0 Å². The molecule has 110 valence electrons. The van der Waals surface area contributed by atoms with E-state index in [0.717, 1.165) is 11.1 Å². The fourth-order valence-corrected chi connectivity index (χ4v) is 2.44. The highest BCUT2D eigenvalue weighted by atomic mass is 14.0. The quantitative estimate of drug-likeness (QED) is 0.568. The lowest BCUT2D eigenvalue weighted by molar-refractivity contribution is 0.795. The zero-order valence-corrected chi connectivity index (χ0v) is 13.4. The van der Waals surface area contributed by atoms with Gasteiger partial charge in [0, 0.05) is 0 Å². The Bertz CT molecular complexity index is 455. The summed E-state index contributed by atoms with van der Waals surface area (Å²) in [6.45, 7) is 4.47. The Labute approximate surface area is 130 Å². The van der Waals surface area contributed by atoms with E-state index < -0.39 is 0 Å². The second kappa shape index (κ2) is 8.67. The van der Waals surface area contributed by atoms with E-state index in [9.17, 15) is 0 Å². The van der Waals surface area contributed by atoms with E-state index in [2.05, 4.69) is 68.8 Å². The monoisotopic (exact) mass is 278 g/mol. The minimum absolute atomic E-state index is 1.16. The average Bonchev–Trinajstić information content (AvgIpc) is 2.53. The molecule has 0 atom stereocenters. The minimum atomic E-state index is 1.16. The maximum atomic E-state index is 3.47. The number of hydrogen-bond acceptors (Lipinski definition) is 0. The standard InChI is InChI=1S/C21H26/c1-3-5-7-18-9-13-20(14-10-18)17-21-15-11-19(12-16-21)8-6-4-2/h9-16H,3-8H2,1-2H3. The molecule has 0 spiro atoms. The van der Waals surface area contributed by atoms with Crippen LogP contribution in [0, 0.1) is 6.42 Å². The molecule has 21 heavy (non-hydrogen) atoms. The van der Waals surface area contributed by atoms with Crippen LogP contribution in [0.15, 0.2) is 48.5 Å². The molecule has 0 aliphatic heterocycles. The summed E-state index contributed by atoms with van der Waals surface area (Å²) in [5.41, 5.74) is 5.18. The highest BCUT2D eigenvalue weighted by Gasteiger charge is 2.00. The Balaban J connectivity index is 1.91. The zero-order chi connectivity index (χ0) is 14.9. The molecule has 0 saturated carbocycles. The first-order chi connectivity index (χ1) is 10.3. The van der Waals surface area contributed by atoms with Crippen LogP contribution in [0.25, 0.3) is 0 Å². The van der Waals surface area contributed by atoms with E-state index in [-0.39, 0.29) is 0 Å². The molecule has 2 aromatic carbocycles. The van der Waals surface area contributed by atoms with Crippen LogP contribution in [0.1, 0.15) is 61.8 Å². The van der Waals surface area contributed by atoms with Crippen LogP contribution in [0.3, 0.4) is 0 Å². The Morgan fingerprint density at radius 2 is 1.00 bits per heavy atom. The predicted molar refractivity (Wildman–Crippen MR) is 91.6 cm³/mol. The summed E-state index contributed by atoms with van der Waals surface area (Å²) in [6.07, 6.45) is 10.9. The molecule has 0 heterocycles. The highest BCUT2D eigenvalue weighted by Crippen LogP contribution is 2.15. The summed E-state index contributed by atoms with van der Waals surface area (Å²) >= 11 is 0. The summed E-state index contributed by atoms with van der Waals surface area (Å²) in [5.74, 6) is 0. The number of benzene rings is 2. The van der Waals surface area contributed by atoms with Gasteiger partial charge in [-0.1, -0.05) is 75.2 Å². The maximum Gasteiger partial charge on any atom is 0.0501 e. The van der Waals surface area contributed by atoms with Gasteiger partial charge in [0.25, 0.3) is 0 Å². The molecule has 2 radical (unpaired) electrons. The minimum Gasteiger partial charge on any atom is -0.0654 e. The van der Waals surface area contributed by atoms with E-state index in [1.165, 1.54) is 49.7 Å². The lowest BCUT2D eigenvalue weighted by Crippen LogP contribution is -1.90. The molecule has 0 bridgehead atoms. The summed E-state index contributed by atoms with van der Waals surface area (Å²) in [6, 6.07) is 17.6. The first-order valence-corrected chi connectivity index (χ1v) is 8.26. The van der Waals surface area contributed by atoms with E-state index in [0.29, 0.717) is 0 Å². The fourth-order valence-electron chi connectivity index (χ4n) is 2.44. The third-order valence-corrected chi connectivity index (χ3v) is 3.83. The van der Waals surface area contributed by atoms with Crippen molar-refractivity contribution in [3.63, 3.8) is 0 Å². The molecule has 0 aromatic heterocycles. The fraction of sp³-hybridized carbons (Fsp3) is 0.381. The van der Waals surface area contributed by atoms with Crippen molar-refractivity contribution in [2.45, 2.75) is 52.4 Å². The molecule has 2 aromatic rings. The Kier molecular flexibility index (Phi) is 6.53. The van der Waals surface area contributed by atoms with Crippen molar-refractivity contribution in [2.75, 3.05) is 0 Å². The first kappa shape index (κ1) is 15.8. The lowest BCUT2D eigenvalue weighted by atomic mass is 10.00. The number of rotatable bonds is 8. The molecular formula is C21H26. The van der Waals surface area contributed by atoms with Crippen molar-refractivity contribution in [1.82, 2.24) is 0 Å². The van der Waals surface area contributed by atoms with Gasteiger partial charge >= 0.3 is 0 Å². The molecule has 0 aliphatic carbocycles. The van der Waals surface area contributed by atoms with Crippen LogP contribution in [0.2, 0.25) is 0 Å². The van der Waals surface area contributed by atoms with Crippen LogP contribution in [-0.2, 0) is 12.8 Å². The van der Waals surface area contributed by atoms with E-state index in [1.807, 2.05) is 0 Å². The van der Waals surface area contributed by atoms with Gasteiger partial charge in [-0.05, 0) is 47.9 Å². The zero-order valence-electron chi connectivity index (χ0n) is 13.4. The molecule has 0 N–H and O–H groups in total. The molecule has 0 saturated heterocycles. The third-order valence-electron chi connectivity index (χ3n) is 3.83. The Morgan fingerprint density at radius 3 is 1.33 bits per heavy atom. The largest absolute Gasteiger partial charge is 0.0654 e. The molecule has 0 nitrogen and oxygen atoms in total. The molecule has 0 heteroatoms. The van der Waals surface area contributed by atoms with Gasteiger partial charge in [0.15, 0.2) is 0 Å². The van der Waals surface area contributed by atoms with Crippen LogP contribution in [-0.4, -0.2) is 0 Å². The highest BCUT2D eigenvalue weighted by molar-refractivity contribution is 5.39. The van der Waals surface area contributed by atoms with Gasteiger partial charge in [0.2, 0.25) is 0 Å². The van der Waals surface area contributed by atoms with Crippen LogP contribution in [0.5, 0.6) is 0 Å². The van der Waals surface area contributed by atoms with Crippen LogP contribution < -0.4 is 0 Å². The maximum absolute atomic E-state index is 3.47. The summed E-state index contributed by atoms with van der Waals surface area (Å²) in [4.78, 5) is 0. The molecule has 2 rings (SSSR count). The predicted octanol–water partition coefficient (Wildman–Crippen LogP) is 5.85. The van der Waals surface area contributed by atoms with Crippen molar-refractivity contribution in [1.29, 1.82) is 0 Å². The summed E-state index contributed by atoms with van der Waals surface area (Å²) in [7, 11) is 0. The van der Waals surface area contributed by atoms with Crippen molar-refractivity contribution >= 4 is 0 Å². The van der Waals surface area contributed by atoms with Crippen molar-refractivity contribution in [2.24, 2.45) is 0 Å². The number of hydrogen-bond donors (Lipinski definition) is 0. The van der Waals surface area contributed by atoms with Gasteiger partial charge in [-0.15, -0.1) is 0 Å². The average molecular weight is 278 g/mol. The van der Waals surface area contributed by atoms with Crippen LogP contribution >= 0.6 is 0 Å². The van der Waals surface area contributed by atoms with E-state index in [4.69, 9.17) is 0 Å². The second-order valence-electron chi connectivity index (χ2n) is 5.73. The summed E-state index contributed by atoms with van der Waals surface area (Å²) < 4.78 is 0. The third kappa shape index (κ3) is 5.38. The Morgan fingerprint density at radius 1 is 0.619 bits per heavy atom. The van der Waals surface area contributed by atoms with Crippen molar-refractivity contribution < 1.29 is 0 Å². The lowest BCUT2D eigenvalue weighted by Gasteiger charge is -2.05. The van der Waals surface area contributed by atoms with Gasteiger partial charge < -0.3 is 0 Å². The molecule has 0 unspecified atom stereocenters. The van der Waals surface area contributed by atoms with Gasteiger partial charge in [0.1, 0.15) is 0 Å². The molecular weight excluding hydrogens is 252 g/mol. The number of aryl methyl sites for hydroxylation is 2. The van der Waals surface area contributed by atoms with Crippen molar-refractivity contribution in [3.05, 3.63) is 77.2 Å². The molecule has 0 fully saturated rings. The SMILES string of the molecule is CCCCc1ccc([C]c2ccc(CCCC)cc2)cc1. The topological polar surface area (TPSA) is 0 Å².